The van der Waals surface area contributed by atoms with E-state index in [2.05, 4.69) is 36.6 Å². The third-order valence-electron chi connectivity index (χ3n) is 4.54. The van der Waals surface area contributed by atoms with Crippen LogP contribution in [0.4, 0.5) is 0 Å². The summed E-state index contributed by atoms with van der Waals surface area (Å²) in [6.45, 7) is 5.35. The van der Waals surface area contributed by atoms with Gasteiger partial charge in [-0.05, 0) is 43.9 Å². The Morgan fingerprint density at radius 2 is 2.00 bits per heavy atom. The van der Waals surface area contributed by atoms with Crippen LogP contribution in [0.1, 0.15) is 56.8 Å². The molecule has 0 amide bonds. The molecular weight excluding hydrogens is 246 g/mol. The molecule has 1 aromatic heterocycles. The van der Waals surface area contributed by atoms with Gasteiger partial charge in [-0.3, -0.25) is 0 Å². The highest BCUT2D eigenvalue weighted by Crippen LogP contribution is 2.36. The molecule has 3 heteroatoms. The van der Waals surface area contributed by atoms with Crippen LogP contribution in [0, 0.1) is 6.92 Å². The van der Waals surface area contributed by atoms with Crippen molar-refractivity contribution in [3.8, 4) is 0 Å². The fraction of sp³-hybridized carbons (Fsp3) is 0.588. The van der Waals surface area contributed by atoms with Gasteiger partial charge in [-0.2, -0.15) is 0 Å². The SMILES string of the molecule is CCCn1c(C2(N)CCCCC2)nc2cc(C)ccc21. The van der Waals surface area contributed by atoms with Crippen molar-refractivity contribution in [1.82, 2.24) is 9.55 Å². The van der Waals surface area contributed by atoms with Crippen LogP contribution in [-0.4, -0.2) is 9.55 Å². The molecule has 1 saturated carbocycles. The van der Waals surface area contributed by atoms with E-state index in [1.807, 2.05) is 0 Å². The molecule has 3 nitrogen and oxygen atoms in total. The second kappa shape index (κ2) is 5.21. The van der Waals surface area contributed by atoms with Crippen molar-refractivity contribution in [3.63, 3.8) is 0 Å². The molecule has 108 valence electrons. The van der Waals surface area contributed by atoms with Gasteiger partial charge in [0.2, 0.25) is 0 Å². The summed E-state index contributed by atoms with van der Waals surface area (Å²) in [5, 5.41) is 0. The summed E-state index contributed by atoms with van der Waals surface area (Å²) in [5.41, 5.74) is 10.1. The van der Waals surface area contributed by atoms with Crippen LogP contribution in [-0.2, 0) is 12.1 Å². The van der Waals surface area contributed by atoms with Crippen molar-refractivity contribution in [2.75, 3.05) is 0 Å². The van der Waals surface area contributed by atoms with Crippen molar-refractivity contribution in [2.45, 2.75) is 64.5 Å². The monoisotopic (exact) mass is 271 g/mol. The lowest BCUT2D eigenvalue weighted by molar-refractivity contribution is 0.278. The van der Waals surface area contributed by atoms with E-state index in [0.29, 0.717) is 0 Å². The number of imidazole rings is 1. The van der Waals surface area contributed by atoms with Gasteiger partial charge >= 0.3 is 0 Å². The Morgan fingerprint density at radius 1 is 1.25 bits per heavy atom. The number of aryl methyl sites for hydroxylation is 2. The predicted octanol–water partition coefficient (Wildman–Crippen LogP) is 3.87. The summed E-state index contributed by atoms with van der Waals surface area (Å²) in [4.78, 5) is 4.93. The van der Waals surface area contributed by atoms with Gasteiger partial charge < -0.3 is 10.3 Å². The standard InChI is InChI=1S/C17H25N3/c1-3-11-20-15-8-7-13(2)12-14(15)19-16(20)17(18)9-5-4-6-10-17/h7-8,12H,3-6,9-11,18H2,1-2H3. The second-order valence-electron chi connectivity index (χ2n) is 6.30. The fourth-order valence-electron chi connectivity index (χ4n) is 3.48. The zero-order valence-electron chi connectivity index (χ0n) is 12.7. The molecule has 1 aliphatic carbocycles. The summed E-state index contributed by atoms with van der Waals surface area (Å²) in [6, 6.07) is 6.55. The van der Waals surface area contributed by atoms with Crippen LogP contribution in [0.3, 0.4) is 0 Å². The van der Waals surface area contributed by atoms with Crippen molar-refractivity contribution >= 4 is 11.0 Å². The Hall–Kier alpha value is -1.35. The summed E-state index contributed by atoms with van der Waals surface area (Å²) in [7, 11) is 0. The van der Waals surface area contributed by atoms with Crippen LogP contribution in [0.5, 0.6) is 0 Å². The first-order valence-corrected chi connectivity index (χ1v) is 7.90. The number of nitrogens with zero attached hydrogens (tertiary/aromatic N) is 2. The average molecular weight is 271 g/mol. The lowest BCUT2D eigenvalue weighted by Gasteiger charge is -2.33. The van der Waals surface area contributed by atoms with Gasteiger partial charge in [0, 0.05) is 6.54 Å². The molecular formula is C17H25N3. The summed E-state index contributed by atoms with van der Waals surface area (Å²) in [6.07, 6.45) is 7.02. The van der Waals surface area contributed by atoms with Gasteiger partial charge in [-0.1, -0.05) is 32.3 Å². The van der Waals surface area contributed by atoms with Crippen LogP contribution in [0.15, 0.2) is 18.2 Å². The van der Waals surface area contributed by atoms with E-state index in [0.717, 1.165) is 37.1 Å². The van der Waals surface area contributed by atoms with Crippen LogP contribution in [0.25, 0.3) is 11.0 Å². The molecule has 0 bridgehead atoms. The van der Waals surface area contributed by atoms with E-state index >= 15 is 0 Å². The maximum Gasteiger partial charge on any atom is 0.130 e. The number of aromatic nitrogens is 2. The van der Waals surface area contributed by atoms with Crippen LogP contribution < -0.4 is 5.73 Å². The van der Waals surface area contributed by atoms with Crippen molar-refractivity contribution < 1.29 is 0 Å². The molecule has 1 aliphatic rings. The maximum absolute atomic E-state index is 6.73. The smallest absolute Gasteiger partial charge is 0.130 e. The highest BCUT2D eigenvalue weighted by Gasteiger charge is 2.34. The molecule has 1 fully saturated rings. The summed E-state index contributed by atoms with van der Waals surface area (Å²) >= 11 is 0. The molecule has 1 aromatic carbocycles. The molecule has 3 rings (SSSR count). The largest absolute Gasteiger partial charge is 0.326 e. The van der Waals surface area contributed by atoms with Crippen LogP contribution >= 0.6 is 0 Å². The number of hydrogen-bond donors (Lipinski definition) is 1. The summed E-state index contributed by atoms with van der Waals surface area (Å²) in [5.74, 6) is 1.11. The van der Waals surface area contributed by atoms with E-state index in [1.54, 1.807) is 0 Å². The average Bonchev–Trinajstić information content (AvgIpc) is 2.79. The van der Waals surface area contributed by atoms with E-state index in [9.17, 15) is 0 Å². The fourth-order valence-corrected chi connectivity index (χ4v) is 3.48. The van der Waals surface area contributed by atoms with E-state index in [1.165, 1.54) is 30.3 Å². The number of nitrogens with two attached hydrogens (primary N) is 1. The Kier molecular flexibility index (Phi) is 3.55. The maximum atomic E-state index is 6.73. The van der Waals surface area contributed by atoms with Crippen LogP contribution in [0.2, 0.25) is 0 Å². The van der Waals surface area contributed by atoms with E-state index in [4.69, 9.17) is 10.7 Å². The lowest BCUT2D eigenvalue weighted by atomic mass is 9.82. The van der Waals surface area contributed by atoms with E-state index in [-0.39, 0.29) is 5.54 Å². The van der Waals surface area contributed by atoms with Crippen molar-refractivity contribution in [3.05, 3.63) is 29.6 Å². The quantitative estimate of drug-likeness (QED) is 0.921. The molecule has 0 spiro atoms. The number of hydrogen-bond acceptors (Lipinski definition) is 2. The predicted molar refractivity (Wildman–Crippen MR) is 83.7 cm³/mol. The van der Waals surface area contributed by atoms with Gasteiger partial charge in [-0.15, -0.1) is 0 Å². The van der Waals surface area contributed by atoms with Gasteiger partial charge in [0.25, 0.3) is 0 Å². The molecule has 20 heavy (non-hydrogen) atoms. The van der Waals surface area contributed by atoms with Gasteiger partial charge in [0.15, 0.2) is 0 Å². The zero-order valence-corrected chi connectivity index (χ0v) is 12.7. The van der Waals surface area contributed by atoms with Gasteiger partial charge in [-0.25, -0.2) is 4.98 Å². The lowest BCUT2D eigenvalue weighted by Crippen LogP contribution is -2.41. The molecule has 0 saturated heterocycles. The molecule has 0 atom stereocenters. The normalized spacial score (nSPS) is 18.6. The minimum Gasteiger partial charge on any atom is -0.326 e. The number of benzene rings is 1. The van der Waals surface area contributed by atoms with Gasteiger partial charge in [0.05, 0.1) is 16.6 Å². The van der Waals surface area contributed by atoms with Crippen molar-refractivity contribution in [1.29, 1.82) is 0 Å². The first kappa shape index (κ1) is 13.6. The molecule has 2 aromatic rings. The highest BCUT2D eigenvalue weighted by molar-refractivity contribution is 5.77. The van der Waals surface area contributed by atoms with Gasteiger partial charge in [0.1, 0.15) is 5.82 Å². The first-order valence-electron chi connectivity index (χ1n) is 7.90. The molecule has 2 N–H and O–H groups in total. The molecule has 0 unspecified atom stereocenters. The third-order valence-corrected chi connectivity index (χ3v) is 4.54. The Morgan fingerprint density at radius 3 is 2.70 bits per heavy atom. The molecule has 0 aliphatic heterocycles. The molecule has 1 heterocycles. The Balaban J connectivity index is 2.15. The van der Waals surface area contributed by atoms with E-state index < -0.39 is 0 Å². The summed E-state index contributed by atoms with van der Waals surface area (Å²) < 4.78 is 2.36. The number of fused-ring (bicyclic) bond motifs is 1. The molecule has 0 radical (unpaired) electrons. The van der Waals surface area contributed by atoms with Crippen molar-refractivity contribution in [2.24, 2.45) is 5.73 Å². The minimum atomic E-state index is -0.222. The second-order valence-corrected chi connectivity index (χ2v) is 6.30. The zero-order chi connectivity index (χ0) is 14.2. The Labute approximate surface area is 121 Å². The highest BCUT2D eigenvalue weighted by atomic mass is 15.1. The Bertz CT molecular complexity index is 606. The third kappa shape index (κ3) is 2.24. The topological polar surface area (TPSA) is 43.8 Å². The first-order chi connectivity index (χ1) is 9.64. The minimum absolute atomic E-state index is 0.222. The number of rotatable bonds is 3.